The summed E-state index contributed by atoms with van der Waals surface area (Å²) in [6, 6.07) is 18.9. The molecule has 0 aliphatic rings. The van der Waals surface area contributed by atoms with E-state index in [-0.39, 0.29) is 0 Å². The van der Waals surface area contributed by atoms with Crippen molar-refractivity contribution in [3.63, 3.8) is 0 Å². The molecule has 1 nitrogen and oxygen atoms in total. The van der Waals surface area contributed by atoms with Crippen LogP contribution in [0.3, 0.4) is 0 Å². The molecule has 2 heteroatoms. The lowest BCUT2D eigenvalue weighted by Crippen LogP contribution is -1.91. The van der Waals surface area contributed by atoms with E-state index in [1.54, 1.807) is 0 Å². The Labute approximate surface area is 98.9 Å². The maximum absolute atomic E-state index is 6.19. The Balaban J connectivity index is 2.31. The average molecular weight is 227 g/mol. The summed E-state index contributed by atoms with van der Waals surface area (Å²) in [5, 5.41) is 1.93. The molecule has 0 spiro atoms. The SMILES string of the molecule is Clc1ccccc1-n1ccc2c[c]ccc21. The number of para-hydroxylation sites is 1. The van der Waals surface area contributed by atoms with Gasteiger partial charge in [0.05, 0.1) is 16.2 Å². The highest BCUT2D eigenvalue weighted by Crippen LogP contribution is 2.25. The fourth-order valence-electron chi connectivity index (χ4n) is 1.88. The van der Waals surface area contributed by atoms with Crippen molar-refractivity contribution in [3.8, 4) is 5.69 Å². The minimum atomic E-state index is 0.757. The summed E-state index contributed by atoms with van der Waals surface area (Å²) in [5.41, 5.74) is 2.15. The fourth-order valence-corrected chi connectivity index (χ4v) is 2.11. The molecule has 0 saturated carbocycles. The lowest BCUT2D eigenvalue weighted by molar-refractivity contribution is 1.13. The van der Waals surface area contributed by atoms with Gasteiger partial charge in [-0.2, -0.15) is 0 Å². The van der Waals surface area contributed by atoms with Crippen molar-refractivity contribution in [2.24, 2.45) is 0 Å². The van der Waals surface area contributed by atoms with Gasteiger partial charge < -0.3 is 4.57 Å². The second kappa shape index (κ2) is 3.69. The van der Waals surface area contributed by atoms with Crippen molar-refractivity contribution >= 4 is 22.5 Å². The summed E-state index contributed by atoms with van der Waals surface area (Å²) < 4.78 is 2.09. The zero-order chi connectivity index (χ0) is 11.0. The predicted octanol–water partition coefficient (Wildman–Crippen LogP) is 4.08. The van der Waals surface area contributed by atoms with E-state index in [9.17, 15) is 0 Å². The number of halogens is 1. The Morgan fingerprint density at radius 2 is 1.94 bits per heavy atom. The molecule has 0 aliphatic carbocycles. The van der Waals surface area contributed by atoms with Crippen LogP contribution in [0.25, 0.3) is 16.6 Å². The largest absolute Gasteiger partial charge is 0.315 e. The Kier molecular flexibility index (Phi) is 2.19. The second-order valence-corrected chi connectivity index (χ2v) is 4.03. The van der Waals surface area contributed by atoms with Crippen LogP contribution < -0.4 is 0 Å². The Hall–Kier alpha value is -1.73. The molecule has 0 unspecified atom stereocenters. The van der Waals surface area contributed by atoms with Gasteiger partial charge in [-0.05, 0) is 36.4 Å². The zero-order valence-corrected chi connectivity index (χ0v) is 9.28. The van der Waals surface area contributed by atoms with Gasteiger partial charge in [0, 0.05) is 11.6 Å². The van der Waals surface area contributed by atoms with E-state index in [1.807, 2.05) is 48.7 Å². The summed E-state index contributed by atoms with van der Waals surface area (Å²) >= 11 is 6.19. The van der Waals surface area contributed by atoms with Gasteiger partial charge in [-0.1, -0.05) is 29.8 Å². The molecule has 0 atom stereocenters. The van der Waals surface area contributed by atoms with Crippen LogP contribution in [0.1, 0.15) is 0 Å². The first kappa shape index (κ1) is 9.49. The third-order valence-corrected chi connectivity index (χ3v) is 2.97. The number of rotatable bonds is 1. The number of benzene rings is 2. The van der Waals surface area contributed by atoms with Gasteiger partial charge in [-0.3, -0.25) is 0 Å². The van der Waals surface area contributed by atoms with E-state index in [4.69, 9.17) is 11.6 Å². The van der Waals surface area contributed by atoms with Crippen LogP contribution in [0, 0.1) is 6.07 Å². The first-order chi connectivity index (χ1) is 7.86. The number of fused-ring (bicyclic) bond motifs is 1. The van der Waals surface area contributed by atoms with E-state index in [0.29, 0.717) is 0 Å². The van der Waals surface area contributed by atoms with Gasteiger partial charge in [-0.15, -0.1) is 0 Å². The number of hydrogen-bond acceptors (Lipinski definition) is 0. The smallest absolute Gasteiger partial charge is 0.0646 e. The molecule has 3 rings (SSSR count). The molecule has 0 aliphatic heterocycles. The molecular weight excluding hydrogens is 218 g/mol. The predicted molar refractivity (Wildman–Crippen MR) is 67.1 cm³/mol. The lowest BCUT2D eigenvalue weighted by atomic mass is 10.2. The van der Waals surface area contributed by atoms with Crippen LogP contribution in [0.15, 0.2) is 54.7 Å². The molecule has 2 aromatic carbocycles. The molecule has 1 radical (unpaired) electrons. The molecule has 0 saturated heterocycles. The van der Waals surface area contributed by atoms with Gasteiger partial charge in [-0.25, -0.2) is 0 Å². The summed E-state index contributed by atoms with van der Waals surface area (Å²) in [4.78, 5) is 0. The molecule has 1 heterocycles. The quantitative estimate of drug-likeness (QED) is 0.589. The number of aromatic nitrogens is 1. The second-order valence-electron chi connectivity index (χ2n) is 3.62. The van der Waals surface area contributed by atoms with Crippen molar-refractivity contribution in [2.45, 2.75) is 0 Å². The van der Waals surface area contributed by atoms with Crippen LogP contribution in [0.5, 0.6) is 0 Å². The molecule has 0 bridgehead atoms. The highest BCUT2D eigenvalue weighted by molar-refractivity contribution is 6.32. The third-order valence-electron chi connectivity index (χ3n) is 2.65. The van der Waals surface area contributed by atoms with Crippen molar-refractivity contribution in [1.82, 2.24) is 4.57 Å². The minimum Gasteiger partial charge on any atom is -0.315 e. The van der Waals surface area contributed by atoms with Crippen LogP contribution in [0.2, 0.25) is 5.02 Å². The molecule has 77 valence electrons. The molecular formula is C14H9ClN. The zero-order valence-electron chi connectivity index (χ0n) is 8.52. The van der Waals surface area contributed by atoms with Crippen LogP contribution in [-0.2, 0) is 0 Å². The molecule has 16 heavy (non-hydrogen) atoms. The van der Waals surface area contributed by atoms with E-state index in [0.717, 1.165) is 16.2 Å². The Bertz CT molecular complexity index is 640. The maximum atomic E-state index is 6.19. The normalized spacial score (nSPS) is 10.8. The monoisotopic (exact) mass is 226 g/mol. The van der Waals surface area contributed by atoms with E-state index in [1.165, 1.54) is 5.39 Å². The van der Waals surface area contributed by atoms with E-state index in [2.05, 4.69) is 16.7 Å². The van der Waals surface area contributed by atoms with Gasteiger partial charge in [0.1, 0.15) is 0 Å². The van der Waals surface area contributed by atoms with Gasteiger partial charge >= 0.3 is 0 Å². The van der Waals surface area contributed by atoms with Crippen molar-refractivity contribution in [1.29, 1.82) is 0 Å². The molecule has 0 amide bonds. The Morgan fingerprint density at radius 3 is 2.81 bits per heavy atom. The number of nitrogens with zero attached hydrogens (tertiary/aromatic N) is 1. The topological polar surface area (TPSA) is 4.93 Å². The van der Waals surface area contributed by atoms with E-state index >= 15 is 0 Å². The summed E-state index contributed by atoms with van der Waals surface area (Å²) in [6.45, 7) is 0. The molecule has 0 N–H and O–H groups in total. The molecule has 0 fully saturated rings. The summed E-state index contributed by atoms with van der Waals surface area (Å²) in [7, 11) is 0. The standard InChI is InChI=1S/C14H9ClN/c15-12-6-2-4-8-14(12)16-10-9-11-5-1-3-7-13(11)16/h2-10H. The first-order valence-electron chi connectivity index (χ1n) is 5.08. The van der Waals surface area contributed by atoms with Gasteiger partial charge in [0.25, 0.3) is 0 Å². The fraction of sp³-hybridized carbons (Fsp3) is 0. The lowest BCUT2D eigenvalue weighted by Gasteiger charge is -2.06. The minimum absolute atomic E-state index is 0.757. The van der Waals surface area contributed by atoms with Gasteiger partial charge in [0.2, 0.25) is 0 Å². The summed E-state index contributed by atoms with van der Waals surface area (Å²) in [5.74, 6) is 0. The van der Waals surface area contributed by atoms with Crippen LogP contribution >= 0.6 is 11.6 Å². The van der Waals surface area contributed by atoms with Crippen molar-refractivity contribution in [2.75, 3.05) is 0 Å². The number of hydrogen-bond donors (Lipinski definition) is 0. The molecule has 3 aromatic rings. The average Bonchev–Trinajstić information content (AvgIpc) is 2.74. The molecule has 1 aromatic heterocycles. The highest BCUT2D eigenvalue weighted by atomic mass is 35.5. The first-order valence-corrected chi connectivity index (χ1v) is 5.46. The third kappa shape index (κ3) is 1.41. The van der Waals surface area contributed by atoms with Crippen molar-refractivity contribution < 1.29 is 0 Å². The van der Waals surface area contributed by atoms with Crippen LogP contribution in [0.4, 0.5) is 0 Å². The van der Waals surface area contributed by atoms with Crippen molar-refractivity contribution in [3.05, 3.63) is 65.8 Å². The van der Waals surface area contributed by atoms with Gasteiger partial charge in [0.15, 0.2) is 0 Å². The maximum Gasteiger partial charge on any atom is 0.0646 e. The highest BCUT2D eigenvalue weighted by Gasteiger charge is 2.04. The van der Waals surface area contributed by atoms with Crippen LogP contribution in [-0.4, -0.2) is 4.57 Å². The Morgan fingerprint density at radius 1 is 1.06 bits per heavy atom. The van der Waals surface area contributed by atoms with E-state index < -0.39 is 0 Å². The summed E-state index contributed by atoms with van der Waals surface area (Å²) in [6.07, 6.45) is 2.03.